The zero-order valence-electron chi connectivity index (χ0n) is 12.4. The van der Waals surface area contributed by atoms with E-state index in [0.29, 0.717) is 19.1 Å². The van der Waals surface area contributed by atoms with Crippen LogP contribution in [0.5, 0.6) is 0 Å². The van der Waals surface area contributed by atoms with Gasteiger partial charge in [0.25, 0.3) is 0 Å². The lowest BCUT2D eigenvalue weighted by atomic mass is 10.1. The minimum Gasteiger partial charge on any atom is -0.465 e. The highest BCUT2D eigenvalue weighted by Crippen LogP contribution is 2.29. The summed E-state index contributed by atoms with van der Waals surface area (Å²) in [6.07, 6.45) is -0.645. The van der Waals surface area contributed by atoms with E-state index in [-0.39, 0.29) is 5.56 Å². The number of carbonyl (C=O) groups is 2. The molecule has 118 valence electrons. The molecule has 2 aromatic rings. The quantitative estimate of drug-likeness (QED) is 0.456. The lowest BCUT2D eigenvalue weighted by Crippen LogP contribution is -2.28. The number of halogens is 2. The molecular weight excluding hydrogens is 467 g/mol. The summed E-state index contributed by atoms with van der Waals surface area (Å²) in [6.45, 7) is 5.29. The highest BCUT2D eigenvalue weighted by molar-refractivity contribution is 14.1. The van der Waals surface area contributed by atoms with Crippen LogP contribution in [0.25, 0.3) is 10.9 Å². The first-order valence-electron chi connectivity index (χ1n) is 6.33. The average molecular weight is 481 g/mol. The number of methoxy groups -OCH3 is 1. The maximum atomic E-state index is 12.3. The summed E-state index contributed by atoms with van der Waals surface area (Å²) in [5.74, 6) is -0.549. The summed E-state index contributed by atoms with van der Waals surface area (Å²) in [6, 6.07) is 3.38. The van der Waals surface area contributed by atoms with Gasteiger partial charge in [0.15, 0.2) is 0 Å². The number of benzene rings is 1. The van der Waals surface area contributed by atoms with Crippen molar-refractivity contribution >= 4 is 61.5 Å². The van der Waals surface area contributed by atoms with Crippen molar-refractivity contribution in [1.29, 1.82) is 0 Å². The Morgan fingerprint density at radius 3 is 2.50 bits per heavy atom. The van der Waals surface area contributed by atoms with Crippen LogP contribution in [0.4, 0.5) is 4.79 Å². The molecule has 0 aliphatic rings. The Morgan fingerprint density at radius 1 is 1.32 bits per heavy atom. The standard InChI is InChI=1S/C14H14BrIN2O4/c1-14(2,3)22-13(20)18-10-8(11(16)17-18)5-7(15)6-9(10)12(19)21-4/h5-6H,1-4H3. The minimum atomic E-state index is -0.665. The van der Waals surface area contributed by atoms with Crippen LogP contribution in [0.3, 0.4) is 0 Å². The Labute approximate surface area is 149 Å². The highest BCUT2D eigenvalue weighted by atomic mass is 127. The molecule has 1 aromatic carbocycles. The monoisotopic (exact) mass is 480 g/mol. The van der Waals surface area contributed by atoms with Crippen molar-refractivity contribution < 1.29 is 19.1 Å². The molecule has 6 nitrogen and oxygen atoms in total. The minimum absolute atomic E-state index is 0.244. The van der Waals surface area contributed by atoms with Crippen LogP contribution in [0.2, 0.25) is 0 Å². The normalized spacial score (nSPS) is 11.5. The van der Waals surface area contributed by atoms with Gasteiger partial charge in [0.05, 0.1) is 18.2 Å². The molecule has 8 heteroatoms. The van der Waals surface area contributed by atoms with E-state index in [1.165, 1.54) is 7.11 Å². The van der Waals surface area contributed by atoms with Gasteiger partial charge in [-0.15, -0.1) is 0 Å². The Morgan fingerprint density at radius 2 is 1.95 bits per heavy atom. The fraction of sp³-hybridized carbons (Fsp3) is 0.357. The van der Waals surface area contributed by atoms with Crippen molar-refractivity contribution in [3.05, 3.63) is 25.9 Å². The molecule has 0 aliphatic carbocycles. The number of esters is 1. The molecule has 0 spiro atoms. The number of aromatic nitrogens is 2. The van der Waals surface area contributed by atoms with E-state index >= 15 is 0 Å². The van der Waals surface area contributed by atoms with Crippen LogP contribution in [0.1, 0.15) is 31.1 Å². The Bertz CT molecular complexity index is 764. The van der Waals surface area contributed by atoms with Gasteiger partial charge >= 0.3 is 12.1 Å². The molecule has 0 radical (unpaired) electrons. The molecule has 0 aliphatic heterocycles. The summed E-state index contributed by atoms with van der Waals surface area (Å²) in [5, 5.41) is 4.86. The van der Waals surface area contributed by atoms with E-state index in [1.807, 2.05) is 22.6 Å². The summed E-state index contributed by atoms with van der Waals surface area (Å²) in [4.78, 5) is 24.4. The maximum Gasteiger partial charge on any atom is 0.435 e. The van der Waals surface area contributed by atoms with Crippen molar-refractivity contribution in [1.82, 2.24) is 9.78 Å². The smallest absolute Gasteiger partial charge is 0.435 e. The Balaban J connectivity index is 2.71. The molecule has 0 N–H and O–H groups in total. The molecule has 0 unspecified atom stereocenters. The molecule has 1 heterocycles. The van der Waals surface area contributed by atoms with Gasteiger partial charge in [-0.05, 0) is 55.5 Å². The summed E-state index contributed by atoms with van der Waals surface area (Å²) >= 11 is 5.35. The summed E-state index contributed by atoms with van der Waals surface area (Å²) in [5.41, 5.74) is -0.0523. The number of fused-ring (bicyclic) bond motifs is 1. The first kappa shape index (κ1) is 17.2. The molecule has 0 saturated heterocycles. The van der Waals surface area contributed by atoms with Gasteiger partial charge < -0.3 is 9.47 Å². The molecule has 1 aromatic heterocycles. The third-order valence-electron chi connectivity index (χ3n) is 2.67. The van der Waals surface area contributed by atoms with Crippen LogP contribution < -0.4 is 0 Å². The van der Waals surface area contributed by atoms with Crippen molar-refractivity contribution in [2.45, 2.75) is 26.4 Å². The largest absolute Gasteiger partial charge is 0.465 e. The van der Waals surface area contributed by atoms with E-state index in [9.17, 15) is 9.59 Å². The lowest BCUT2D eigenvalue weighted by molar-refractivity contribution is 0.0522. The predicted molar refractivity (Wildman–Crippen MR) is 93.1 cm³/mol. The zero-order chi connectivity index (χ0) is 16.7. The number of rotatable bonds is 1. The molecule has 0 amide bonds. The molecule has 2 rings (SSSR count). The fourth-order valence-corrected chi connectivity index (χ4v) is 2.96. The van der Waals surface area contributed by atoms with E-state index in [0.717, 1.165) is 4.68 Å². The second-order valence-electron chi connectivity index (χ2n) is 5.52. The topological polar surface area (TPSA) is 70.4 Å². The molecule has 0 atom stereocenters. The molecule has 0 fully saturated rings. The van der Waals surface area contributed by atoms with E-state index in [4.69, 9.17) is 9.47 Å². The molecular formula is C14H14BrIN2O4. The second kappa shape index (κ2) is 6.15. The molecule has 0 saturated carbocycles. The fourth-order valence-electron chi connectivity index (χ4n) is 1.88. The summed E-state index contributed by atoms with van der Waals surface area (Å²) in [7, 11) is 1.29. The number of ether oxygens (including phenoxy) is 2. The van der Waals surface area contributed by atoms with Gasteiger partial charge in [-0.25, -0.2) is 9.59 Å². The van der Waals surface area contributed by atoms with Crippen LogP contribution in [0, 0.1) is 3.70 Å². The van der Waals surface area contributed by atoms with E-state index < -0.39 is 17.7 Å². The average Bonchev–Trinajstić information content (AvgIpc) is 2.73. The zero-order valence-corrected chi connectivity index (χ0v) is 16.2. The molecule has 0 bridgehead atoms. The SMILES string of the molecule is COC(=O)c1cc(Br)cc2c(I)nn(C(=O)OC(C)(C)C)c12. The third kappa shape index (κ3) is 3.43. The number of hydrogen-bond donors (Lipinski definition) is 0. The number of hydrogen-bond acceptors (Lipinski definition) is 5. The van der Waals surface area contributed by atoms with Gasteiger partial charge in [0.1, 0.15) is 9.30 Å². The third-order valence-corrected chi connectivity index (χ3v) is 3.92. The van der Waals surface area contributed by atoms with Crippen molar-refractivity contribution in [2.75, 3.05) is 7.11 Å². The van der Waals surface area contributed by atoms with Crippen molar-refractivity contribution in [3.8, 4) is 0 Å². The van der Waals surface area contributed by atoms with Gasteiger partial charge in [0.2, 0.25) is 0 Å². The van der Waals surface area contributed by atoms with Crippen molar-refractivity contribution in [2.24, 2.45) is 0 Å². The van der Waals surface area contributed by atoms with Crippen LogP contribution in [-0.2, 0) is 9.47 Å². The highest BCUT2D eigenvalue weighted by Gasteiger charge is 2.25. The first-order chi connectivity index (χ1) is 10.1. The van der Waals surface area contributed by atoms with Crippen LogP contribution in [-0.4, -0.2) is 34.6 Å². The number of nitrogens with zero attached hydrogens (tertiary/aromatic N) is 2. The summed E-state index contributed by atoms with van der Waals surface area (Å²) < 4.78 is 12.5. The lowest BCUT2D eigenvalue weighted by Gasteiger charge is -2.19. The van der Waals surface area contributed by atoms with Gasteiger partial charge in [-0.2, -0.15) is 9.78 Å². The second-order valence-corrected chi connectivity index (χ2v) is 7.46. The van der Waals surface area contributed by atoms with Crippen LogP contribution in [0.15, 0.2) is 16.6 Å². The van der Waals surface area contributed by atoms with E-state index in [1.54, 1.807) is 32.9 Å². The van der Waals surface area contributed by atoms with Crippen LogP contribution >= 0.6 is 38.5 Å². The first-order valence-corrected chi connectivity index (χ1v) is 8.20. The molecule has 22 heavy (non-hydrogen) atoms. The van der Waals surface area contributed by atoms with E-state index in [2.05, 4.69) is 21.0 Å². The van der Waals surface area contributed by atoms with Gasteiger partial charge in [-0.1, -0.05) is 15.9 Å². The van der Waals surface area contributed by atoms with Crippen molar-refractivity contribution in [3.63, 3.8) is 0 Å². The number of carbonyl (C=O) groups excluding carboxylic acids is 2. The maximum absolute atomic E-state index is 12.3. The Kier molecular flexibility index (Phi) is 4.81. The van der Waals surface area contributed by atoms with Gasteiger partial charge in [-0.3, -0.25) is 0 Å². The Hall–Kier alpha value is -1.16. The van der Waals surface area contributed by atoms with Gasteiger partial charge in [0, 0.05) is 9.86 Å². The predicted octanol–water partition coefficient (Wildman–Crippen LogP) is 3.97.